The molecular weight excluding hydrogens is 248 g/mol. The van der Waals surface area contributed by atoms with Crippen molar-refractivity contribution in [3.8, 4) is 0 Å². The van der Waals surface area contributed by atoms with Crippen LogP contribution >= 0.6 is 0 Å². The van der Waals surface area contributed by atoms with Gasteiger partial charge in [-0.15, -0.1) is 0 Å². The van der Waals surface area contributed by atoms with Crippen LogP contribution in [0.1, 0.15) is 30.0 Å². The summed E-state index contributed by atoms with van der Waals surface area (Å²) in [5.74, 6) is 0.819. The minimum atomic E-state index is 0.507. The summed E-state index contributed by atoms with van der Waals surface area (Å²) in [4.78, 5) is 2.15. The Hall–Kier alpha value is -0.900. The van der Waals surface area contributed by atoms with Crippen molar-refractivity contribution in [3.63, 3.8) is 0 Å². The summed E-state index contributed by atoms with van der Waals surface area (Å²) >= 11 is 0. The van der Waals surface area contributed by atoms with E-state index in [4.69, 9.17) is 4.74 Å². The van der Waals surface area contributed by atoms with Gasteiger partial charge in [0, 0.05) is 19.1 Å². The summed E-state index contributed by atoms with van der Waals surface area (Å²) in [5.41, 5.74) is 2.75. The maximum atomic E-state index is 5.65. The number of nitrogens with one attached hydrogen (secondary N) is 1. The molecule has 1 fully saturated rings. The number of likely N-dealkylation sites (N-methyl/N-ethyl adjacent to an activating group) is 1. The lowest BCUT2D eigenvalue weighted by molar-refractivity contribution is 0.117. The van der Waals surface area contributed by atoms with E-state index < -0.39 is 0 Å². The van der Waals surface area contributed by atoms with E-state index in [1.54, 1.807) is 0 Å². The average molecular weight is 276 g/mol. The molecule has 20 heavy (non-hydrogen) atoms. The zero-order valence-corrected chi connectivity index (χ0v) is 13.1. The van der Waals surface area contributed by atoms with Crippen molar-refractivity contribution in [2.45, 2.75) is 25.8 Å². The summed E-state index contributed by atoms with van der Waals surface area (Å²) in [5, 5.41) is 3.67. The first-order chi connectivity index (χ1) is 9.66. The molecule has 3 heteroatoms. The molecule has 0 bridgehead atoms. The number of benzene rings is 1. The monoisotopic (exact) mass is 276 g/mol. The number of nitrogens with zero attached hydrogens (tertiary/aromatic N) is 1. The van der Waals surface area contributed by atoms with Gasteiger partial charge in [-0.2, -0.15) is 0 Å². The lowest BCUT2D eigenvalue weighted by atomic mass is 10.0. The van der Waals surface area contributed by atoms with Crippen LogP contribution in [0.25, 0.3) is 0 Å². The molecule has 1 N–H and O–H groups in total. The Labute approximate surface area is 123 Å². The quantitative estimate of drug-likeness (QED) is 0.702. The normalized spacial score (nSPS) is 16.6. The molecule has 1 aromatic carbocycles. The van der Waals surface area contributed by atoms with Gasteiger partial charge >= 0.3 is 0 Å². The Morgan fingerprint density at radius 1 is 1.20 bits per heavy atom. The van der Waals surface area contributed by atoms with Gasteiger partial charge in [-0.05, 0) is 45.3 Å². The lowest BCUT2D eigenvalue weighted by Crippen LogP contribution is -2.28. The fourth-order valence-electron chi connectivity index (χ4n) is 2.40. The second-order valence-corrected chi connectivity index (χ2v) is 6.10. The Morgan fingerprint density at radius 2 is 1.90 bits per heavy atom. The van der Waals surface area contributed by atoms with Crippen LogP contribution in [0.3, 0.4) is 0 Å². The molecule has 0 heterocycles. The minimum absolute atomic E-state index is 0.507. The third kappa shape index (κ3) is 5.23. The summed E-state index contributed by atoms with van der Waals surface area (Å²) in [6, 6.07) is 9.45. The highest BCUT2D eigenvalue weighted by atomic mass is 16.5. The van der Waals surface area contributed by atoms with E-state index in [0.717, 1.165) is 32.2 Å². The predicted octanol–water partition coefficient (Wildman–Crippen LogP) is 2.61. The maximum Gasteiger partial charge on any atom is 0.0593 e. The molecule has 0 radical (unpaired) electrons. The molecule has 0 aromatic heterocycles. The minimum Gasteiger partial charge on any atom is -0.379 e. The molecule has 1 saturated carbocycles. The maximum absolute atomic E-state index is 5.65. The molecule has 1 atom stereocenters. The molecule has 0 aliphatic heterocycles. The molecule has 1 aliphatic carbocycles. The third-order valence-electron chi connectivity index (χ3n) is 3.82. The van der Waals surface area contributed by atoms with Gasteiger partial charge in [-0.3, -0.25) is 0 Å². The van der Waals surface area contributed by atoms with E-state index in [9.17, 15) is 0 Å². The number of aryl methyl sites for hydroxylation is 1. The molecule has 1 aromatic rings. The zero-order chi connectivity index (χ0) is 14.4. The molecule has 0 saturated heterocycles. The van der Waals surface area contributed by atoms with Crippen LogP contribution in [-0.2, 0) is 4.74 Å². The Morgan fingerprint density at radius 3 is 2.50 bits per heavy atom. The van der Waals surface area contributed by atoms with Crippen LogP contribution in [0.15, 0.2) is 24.3 Å². The second-order valence-electron chi connectivity index (χ2n) is 6.10. The summed E-state index contributed by atoms with van der Waals surface area (Å²) < 4.78 is 5.65. The fraction of sp³-hybridized carbons (Fsp3) is 0.647. The summed E-state index contributed by atoms with van der Waals surface area (Å²) in [6.45, 7) is 5.67. The fourth-order valence-corrected chi connectivity index (χ4v) is 2.40. The first-order valence-electron chi connectivity index (χ1n) is 7.69. The van der Waals surface area contributed by atoms with E-state index >= 15 is 0 Å². The molecule has 1 aliphatic rings. The van der Waals surface area contributed by atoms with Crippen molar-refractivity contribution in [1.82, 2.24) is 10.2 Å². The smallest absolute Gasteiger partial charge is 0.0593 e. The van der Waals surface area contributed by atoms with Crippen molar-refractivity contribution in [1.29, 1.82) is 0 Å². The molecule has 112 valence electrons. The van der Waals surface area contributed by atoms with Gasteiger partial charge in [0.1, 0.15) is 0 Å². The van der Waals surface area contributed by atoms with Gasteiger partial charge in [0.2, 0.25) is 0 Å². The second kappa shape index (κ2) is 7.77. The molecular formula is C17H28N2O. The van der Waals surface area contributed by atoms with Crippen LogP contribution in [-0.4, -0.2) is 45.3 Å². The van der Waals surface area contributed by atoms with E-state index in [1.165, 1.54) is 24.0 Å². The number of hydrogen-bond donors (Lipinski definition) is 1. The van der Waals surface area contributed by atoms with Crippen LogP contribution < -0.4 is 5.32 Å². The van der Waals surface area contributed by atoms with Gasteiger partial charge in [-0.1, -0.05) is 29.8 Å². The topological polar surface area (TPSA) is 24.5 Å². The van der Waals surface area contributed by atoms with Crippen LogP contribution in [0.2, 0.25) is 0 Å². The first-order valence-corrected chi connectivity index (χ1v) is 7.69. The largest absolute Gasteiger partial charge is 0.379 e. The van der Waals surface area contributed by atoms with Gasteiger partial charge < -0.3 is 15.0 Å². The molecule has 3 nitrogen and oxygen atoms in total. The molecule has 2 rings (SSSR count). The van der Waals surface area contributed by atoms with Gasteiger partial charge in [0.25, 0.3) is 0 Å². The van der Waals surface area contributed by atoms with Gasteiger partial charge in [0.05, 0.1) is 13.2 Å². The van der Waals surface area contributed by atoms with Gasteiger partial charge in [-0.25, -0.2) is 0 Å². The number of ether oxygens (including phenoxy) is 1. The summed E-state index contributed by atoms with van der Waals surface area (Å²) in [7, 11) is 4.14. The summed E-state index contributed by atoms with van der Waals surface area (Å²) in [6.07, 6.45) is 2.71. The van der Waals surface area contributed by atoms with E-state index in [0.29, 0.717) is 6.04 Å². The Balaban J connectivity index is 1.72. The van der Waals surface area contributed by atoms with Crippen molar-refractivity contribution in [3.05, 3.63) is 35.4 Å². The average Bonchev–Trinajstić information content (AvgIpc) is 3.23. The van der Waals surface area contributed by atoms with Crippen LogP contribution in [0.5, 0.6) is 0 Å². The van der Waals surface area contributed by atoms with Crippen molar-refractivity contribution < 1.29 is 4.74 Å². The predicted molar refractivity (Wildman–Crippen MR) is 84.0 cm³/mol. The van der Waals surface area contributed by atoms with Crippen LogP contribution in [0.4, 0.5) is 0 Å². The molecule has 0 amide bonds. The molecule has 0 spiro atoms. The van der Waals surface area contributed by atoms with E-state index in [1.807, 2.05) is 0 Å². The third-order valence-corrected chi connectivity index (χ3v) is 3.82. The SMILES string of the molecule is Cc1ccc(C(NCCOCCN(C)C)C2CC2)cc1. The number of hydrogen-bond acceptors (Lipinski definition) is 3. The van der Waals surface area contributed by atoms with Crippen molar-refractivity contribution >= 4 is 0 Å². The first kappa shape index (κ1) is 15.5. The van der Waals surface area contributed by atoms with Crippen molar-refractivity contribution in [2.75, 3.05) is 40.4 Å². The van der Waals surface area contributed by atoms with Crippen LogP contribution in [0, 0.1) is 12.8 Å². The highest BCUT2D eigenvalue weighted by Crippen LogP contribution is 2.40. The number of rotatable bonds is 9. The highest BCUT2D eigenvalue weighted by Gasteiger charge is 2.31. The van der Waals surface area contributed by atoms with E-state index in [-0.39, 0.29) is 0 Å². The highest BCUT2D eigenvalue weighted by molar-refractivity contribution is 5.25. The standard InChI is InChI=1S/C17H28N2O/c1-14-4-6-15(7-5-14)17(16-8-9-16)18-10-12-20-13-11-19(2)3/h4-7,16-18H,8-13H2,1-3H3. The lowest BCUT2D eigenvalue weighted by Gasteiger charge is -2.19. The zero-order valence-electron chi connectivity index (χ0n) is 13.1. The molecule has 1 unspecified atom stereocenters. The Bertz CT molecular complexity index is 384. The van der Waals surface area contributed by atoms with E-state index in [2.05, 4.69) is 55.5 Å². The van der Waals surface area contributed by atoms with Crippen molar-refractivity contribution in [2.24, 2.45) is 5.92 Å². The Kier molecular flexibility index (Phi) is 6.02. The van der Waals surface area contributed by atoms with Gasteiger partial charge in [0.15, 0.2) is 0 Å².